The van der Waals surface area contributed by atoms with Crippen molar-refractivity contribution >= 4 is 17.1 Å². The summed E-state index contributed by atoms with van der Waals surface area (Å²) in [6.45, 7) is 4.55. The van der Waals surface area contributed by atoms with Crippen molar-refractivity contribution in [3.8, 4) is 0 Å². The Kier molecular flexibility index (Phi) is 7.89. The third-order valence-corrected chi connectivity index (χ3v) is 8.08. The molecule has 0 aromatic carbocycles. The Morgan fingerprint density at radius 2 is 2.00 bits per heavy atom. The number of carbonyl (C=O) groups excluding carboxylic acids is 1. The fourth-order valence-electron chi connectivity index (χ4n) is 5.04. The second-order valence-corrected chi connectivity index (χ2v) is 10.8. The Hall–Kier alpha value is -1.74. The van der Waals surface area contributed by atoms with Crippen molar-refractivity contribution in [2.45, 2.75) is 83.9 Å². The first-order valence-corrected chi connectivity index (χ1v) is 12.8. The van der Waals surface area contributed by atoms with Crippen molar-refractivity contribution in [3.05, 3.63) is 33.1 Å². The summed E-state index contributed by atoms with van der Waals surface area (Å²) >= 11 is 1.46. The van der Waals surface area contributed by atoms with Gasteiger partial charge in [-0.2, -0.15) is 13.2 Å². The molecule has 0 bridgehead atoms. The Balaban J connectivity index is 1.15. The molecule has 0 spiro atoms. The fourth-order valence-corrected chi connectivity index (χ4v) is 6.11. The average molecular weight is 484 g/mol. The van der Waals surface area contributed by atoms with Crippen LogP contribution in [0.1, 0.15) is 72.0 Å². The SMILES string of the molecule is Cc1cc(CC(=O)CC2CCC(CCN3CCc4sc(CCC(F)(F)F)nc4C3)CC2)no1. The van der Waals surface area contributed by atoms with Crippen molar-refractivity contribution in [1.82, 2.24) is 15.0 Å². The van der Waals surface area contributed by atoms with Crippen molar-refractivity contribution in [1.29, 1.82) is 0 Å². The average Bonchev–Trinajstić information content (AvgIpc) is 3.36. The minimum absolute atomic E-state index is 0.00879. The number of fused-ring (bicyclic) bond motifs is 1. The number of Topliss-reactive ketones (excluding diaryl/α,β-unsaturated/α-hetero) is 1. The standard InChI is InChI=1S/C24H32F3N3O2S/c1-16-12-19(29-32-16)14-20(31)13-18-4-2-17(3-5-18)7-10-30-11-8-22-21(15-30)28-23(33-22)6-9-24(25,26)27/h12,17-18H,2-11,13-15H2,1H3. The summed E-state index contributed by atoms with van der Waals surface area (Å²) in [5.41, 5.74) is 1.71. The van der Waals surface area contributed by atoms with Crippen LogP contribution in [0.15, 0.2) is 10.6 Å². The van der Waals surface area contributed by atoms with Gasteiger partial charge in [0, 0.05) is 43.3 Å². The van der Waals surface area contributed by atoms with E-state index in [0.29, 0.717) is 29.7 Å². The van der Waals surface area contributed by atoms with E-state index in [4.69, 9.17) is 4.52 Å². The maximum Gasteiger partial charge on any atom is 0.389 e. The Labute approximate surface area is 196 Å². The zero-order valence-electron chi connectivity index (χ0n) is 19.1. The van der Waals surface area contributed by atoms with Crippen LogP contribution in [0.2, 0.25) is 0 Å². The molecule has 0 amide bonds. The number of thiazole rings is 1. The van der Waals surface area contributed by atoms with E-state index >= 15 is 0 Å². The number of rotatable bonds is 9. The van der Waals surface area contributed by atoms with Gasteiger partial charge in [-0.1, -0.05) is 18.0 Å². The molecule has 182 valence electrons. The molecule has 3 heterocycles. The normalized spacial score (nSPS) is 21.8. The summed E-state index contributed by atoms with van der Waals surface area (Å²) in [4.78, 5) is 20.4. The van der Waals surface area contributed by atoms with Crippen LogP contribution >= 0.6 is 11.3 Å². The summed E-state index contributed by atoms with van der Waals surface area (Å²) in [6.07, 6.45) is 2.63. The second-order valence-electron chi connectivity index (χ2n) is 9.64. The number of carbonyl (C=O) groups is 1. The van der Waals surface area contributed by atoms with Gasteiger partial charge < -0.3 is 4.52 Å². The molecular weight excluding hydrogens is 451 g/mol. The molecule has 4 rings (SSSR count). The monoisotopic (exact) mass is 483 g/mol. The number of alkyl halides is 3. The molecule has 1 fully saturated rings. The van der Waals surface area contributed by atoms with Gasteiger partial charge in [0.15, 0.2) is 0 Å². The molecule has 2 aromatic rings. The molecule has 1 saturated carbocycles. The quantitative estimate of drug-likeness (QED) is 0.459. The highest BCUT2D eigenvalue weighted by atomic mass is 32.1. The summed E-state index contributed by atoms with van der Waals surface area (Å²) in [6, 6.07) is 1.83. The summed E-state index contributed by atoms with van der Waals surface area (Å²) < 4.78 is 42.5. The van der Waals surface area contributed by atoms with Crippen LogP contribution in [0.5, 0.6) is 0 Å². The topological polar surface area (TPSA) is 59.2 Å². The smallest absolute Gasteiger partial charge is 0.361 e. The van der Waals surface area contributed by atoms with Gasteiger partial charge in [0.2, 0.25) is 0 Å². The maximum absolute atomic E-state index is 12.5. The molecule has 2 aromatic heterocycles. The lowest BCUT2D eigenvalue weighted by Crippen LogP contribution is -2.32. The highest BCUT2D eigenvalue weighted by Gasteiger charge is 2.29. The van der Waals surface area contributed by atoms with E-state index in [0.717, 1.165) is 67.3 Å². The Morgan fingerprint density at radius 3 is 2.70 bits per heavy atom. The highest BCUT2D eigenvalue weighted by molar-refractivity contribution is 7.11. The minimum Gasteiger partial charge on any atom is -0.361 e. The van der Waals surface area contributed by atoms with E-state index in [1.165, 1.54) is 24.2 Å². The Bertz CT molecular complexity index is 932. The number of hydrogen-bond donors (Lipinski definition) is 0. The van der Waals surface area contributed by atoms with E-state index in [1.807, 2.05) is 13.0 Å². The molecule has 9 heteroatoms. The van der Waals surface area contributed by atoms with Crippen LogP contribution in [0.25, 0.3) is 0 Å². The van der Waals surface area contributed by atoms with Crippen LogP contribution in [-0.2, 0) is 30.6 Å². The molecular formula is C24H32F3N3O2S. The lowest BCUT2D eigenvalue weighted by molar-refractivity contribution is -0.134. The molecule has 0 saturated heterocycles. The van der Waals surface area contributed by atoms with Gasteiger partial charge in [-0.3, -0.25) is 9.69 Å². The molecule has 5 nitrogen and oxygen atoms in total. The molecule has 1 aliphatic heterocycles. The van der Waals surface area contributed by atoms with E-state index in [2.05, 4.69) is 15.0 Å². The lowest BCUT2D eigenvalue weighted by Gasteiger charge is -2.31. The predicted molar refractivity (Wildman–Crippen MR) is 120 cm³/mol. The van der Waals surface area contributed by atoms with Gasteiger partial charge in [-0.15, -0.1) is 11.3 Å². The molecule has 0 radical (unpaired) electrons. The first kappa shape index (κ1) is 24.4. The largest absolute Gasteiger partial charge is 0.389 e. The van der Waals surface area contributed by atoms with E-state index in [1.54, 1.807) is 0 Å². The molecule has 2 aliphatic rings. The summed E-state index contributed by atoms with van der Waals surface area (Å²) in [7, 11) is 0. The highest BCUT2D eigenvalue weighted by Crippen LogP contribution is 2.34. The molecule has 0 N–H and O–H groups in total. The van der Waals surface area contributed by atoms with Crippen LogP contribution in [0.4, 0.5) is 13.2 Å². The fraction of sp³-hybridized carbons (Fsp3) is 0.708. The van der Waals surface area contributed by atoms with Crippen LogP contribution in [0.3, 0.4) is 0 Å². The zero-order chi connectivity index (χ0) is 23.4. The first-order valence-electron chi connectivity index (χ1n) is 11.9. The molecule has 0 atom stereocenters. The van der Waals surface area contributed by atoms with E-state index in [9.17, 15) is 18.0 Å². The van der Waals surface area contributed by atoms with E-state index in [-0.39, 0.29) is 12.2 Å². The molecule has 1 aliphatic carbocycles. The van der Waals surface area contributed by atoms with Crippen LogP contribution < -0.4 is 0 Å². The van der Waals surface area contributed by atoms with Gasteiger partial charge >= 0.3 is 6.18 Å². The van der Waals surface area contributed by atoms with Crippen LogP contribution in [-0.4, -0.2) is 40.1 Å². The van der Waals surface area contributed by atoms with Gasteiger partial charge in [-0.25, -0.2) is 4.98 Å². The third kappa shape index (κ3) is 7.37. The number of hydrogen-bond acceptors (Lipinski definition) is 6. The van der Waals surface area contributed by atoms with Crippen molar-refractivity contribution in [3.63, 3.8) is 0 Å². The van der Waals surface area contributed by atoms with Crippen LogP contribution in [0, 0.1) is 18.8 Å². The summed E-state index contributed by atoms with van der Waals surface area (Å²) in [5, 5.41) is 4.53. The third-order valence-electron chi connectivity index (χ3n) is 6.86. The second kappa shape index (κ2) is 10.7. The lowest BCUT2D eigenvalue weighted by atomic mass is 9.78. The predicted octanol–water partition coefficient (Wildman–Crippen LogP) is 5.69. The van der Waals surface area contributed by atoms with Crippen molar-refractivity contribution < 1.29 is 22.5 Å². The van der Waals surface area contributed by atoms with E-state index < -0.39 is 12.6 Å². The molecule has 33 heavy (non-hydrogen) atoms. The number of nitrogens with zero attached hydrogens (tertiary/aromatic N) is 3. The first-order chi connectivity index (χ1) is 15.7. The number of aromatic nitrogens is 2. The number of ketones is 1. The maximum atomic E-state index is 12.5. The van der Waals surface area contributed by atoms with Gasteiger partial charge in [0.1, 0.15) is 11.5 Å². The van der Waals surface area contributed by atoms with Gasteiger partial charge in [0.25, 0.3) is 0 Å². The van der Waals surface area contributed by atoms with Crippen molar-refractivity contribution in [2.75, 3.05) is 13.1 Å². The summed E-state index contributed by atoms with van der Waals surface area (Å²) in [5.74, 6) is 2.15. The zero-order valence-corrected chi connectivity index (χ0v) is 19.9. The van der Waals surface area contributed by atoms with Crippen molar-refractivity contribution in [2.24, 2.45) is 11.8 Å². The molecule has 0 unspecified atom stereocenters. The number of halogens is 3. The Morgan fingerprint density at radius 1 is 1.24 bits per heavy atom. The minimum atomic E-state index is -4.12. The van der Waals surface area contributed by atoms with Gasteiger partial charge in [-0.05, 0) is 51.0 Å². The number of aryl methyl sites for hydroxylation is 2. The van der Waals surface area contributed by atoms with Gasteiger partial charge in [0.05, 0.1) is 22.8 Å².